The number of nitrogens with two attached hydrogens (primary N) is 2. The zero-order valence-corrected chi connectivity index (χ0v) is 31.2. The van der Waals surface area contributed by atoms with Gasteiger partial charge in [0.25, 0.3) is 0 Å². The molecule has 0 radical (unpaired) electrons. The maximum absolute atomic E-state index is 13.7. The first-order valence-electron chi connectivity index (χ1n) is 18.2. The van der Waals surface area contributed by atoms with E-state index in [4.69, 9.17) is 25.7 Å². The number of carbonyl (C=O) groups excluding carboxylic acids is 5. The van der Waals surface area contributed by atoms with E-state index in [0.717, 1.165) is 19.3 Å². The molecule has 0 aliphatic heterocycles. The highest BCUT2D eigenvalue weighted by Gasteiger charge is 2.41. The van der Waals surface area contributed by atoms with Crippen molar-refractivity contribution in [2.75, 3.05) is 13.2 Å². The Morgan fingerprint density at radius 3 is 1.50 bits per heavy atom. The molecule has 4 amide bonds. The predicted molar refractivity (Wildman–Crippen MR) is 188 cm³/mol. The van der Waals surface area contributed by atoms with Crippen LogP contribution in [0, 0.1) is 0 Å². The van der Waals surface area contributed by atoms with Gasteiger partial charge in [-0.1, -0.05) is 90.4 Å². The van der Waals surface area contributed by atoms with Crippen molar-refractivity contribution in [3.63, 3.8) is 0 Å². The van der Waals surface area contributed by atoms with Gasteiger partial charge in [-0.05, 0) is 73.8 Å². The predicted octanol–water partition coefficient (Wildman–Crippen LogP) is 7.04. The van der Waals surface area contributed by atoms with Crippen LogP contribution >= 0.6 is 0 Å². The number of ether oxygens (including phenoxy) is 3. The third-order valence-corrected chi connectivity index (χ3v) is 7.50. The van der Waals surface area contributed by atoms with Crippen molar-refractivity contribution in [1.29, 1.82) is 0 Å². The summed E-state index contributed by atoms with van der Waals surface area (Å²) < 4.78 is 16.3. The Balaban J connectivity index is 5.21. The maximum atomic E-state index is 13.7. The van der Waals surface area contributed by atoms with Gasteiger partial charge in [-0.2, -0.15) is 4.90 Å². The highest BCUT2D eigenvalue weighted by molar-refractivity contribution is 5.97. The average Bonchev–Trinajstić information content (AvgIpc) is 2.96. The first kappa shape index (κ1) is 45.1. The topological polar surface area (TPSA) is 180 Å². The number of unbranched alkanes of at least 4 members (excludes halogenated alkanes) is 13. The van der Waals surface area contributed by atoms with Crippen molar-refractivity contribution in [2.24, 2.45) is 11.5 Å². The normalized spacial score (nSPS) is 12.9. The molecule has 0 aromatic heterocycles. The summed E-state index contributed by atoms with van der Waals surface area (Å²) in [6.07, 6.45) is 14.6. The third-order valence-electron chi connectivity index (χ3n) is 7.50. The van der Waals surface area contributed by atoms with E-state index in [-0.39, 0.29) is 38.8 Å². The van der Waals surface area contributed by atoms with Crippen molar-refractivity contribution in [1.82, 2.24) is 10.2 Å². The van der Waals surface area contributed by atoms with E-state index in [1.54, 1.807) is 41.5 Å². The Morgan fingerprint density at radius 2 is 1.10 bits per heavy atom. The fourth-order valence-corrected chi connectivity index (χ4v) is 5.01. The molecule has 12 heteroatoms. The lowest BCUT2D eigenvalue weighted by Crippen LogP contribution is -2.57. The van der Waals surface area contributed by atoms with Gasteiger partial charge in [0.1, 0.15) is 23.3 Å². The minimum Gasteiger partial charge on any atom is -0.464 e. The summed E-state index contributed by atoms with van der Waals surface area (Å²) in [5.74, 6) is -2.20. The molecule has 5 N–H and O–H groups in total. The number of primary amides is 1. The Labute approximate surface area is 290 Å². The van der Waals surface area contributed by atoms with E-state index in [1.807, 2.05) is 0 Å². The molecule has 280 valence electrons. The number of imide groups is 1. The summed E-state index contributed by atoms with van der Waals surface area (Å²) in [6.45, 7) is 12.3. The number of esters is 1. The first-order valence-corrected chi connectivity index (χ1v) is 18.2. The van der Waals surface area contributed by atoms with E-state index in [1.165, 1.54) is 64.2 Å². The molecule has 0 saturated heterocycles. The van der Waals surface area contributed by atoms with Gasteiger partial charge < -0.3 is 31.0 Å². The van der Waals surface area contributed by atoms with Crippen LogP contribution in [0.15, 0.2) is 0 Å². The van der Waals surface area contributed by atoms with Crippen LogP contribution in [-0.4, -0.2) is 71.3 Å². The molecule has 0 aliphatic carbocycles. The van der Waals surface area contributed by atoms with Crippen LogP contribution in [0.4, 0.5) is 9.59 Å². The van der Waals surface area contributed by atoms with Gasteiger partial charge in [-0.15, -0.1) is 0 Å². The molecule has 0 unspecified atom stereocenters. The van der Waals surface area contributed by atoms with Crippen LogP contribution < -0.4 is 16.8 Å². The van der Waals surface area contributed by atoms with Gasteiger partial charge in [-0.25, -0.2) is 14.4 Å². The van der Waals surface area contributed by atoms with Crippen LogP contribution in [0.25, 0.3) is 0 Å². The minimum absolute atomic E-state index is 0.0164. The molecule has 0 aromatic rings. The van der Waals surface area contributed by atoms with Crippen LogP contribution in [0.3, 0.4) is 0 Å². The zero-order chi connectivity index (χ0) is 36.6. The fraction of sp³-hybridized carbons (Fsp3) is 0.861. The van der Waals surface area contributed by atoms with E-state index >= 15 is 0 Å². The molecule has 0 rings (SSSR count). The van der Waals surface area contributed by atoms with Gasteiger partial charge in [0.2, 0.25) is 11.8 Å². The van der Waals surface area contributed by atoms with Crippen molar-refractivity contribution in [2.45, 2.75) is 187 Å². The van der Waals surface area contributed by atoms with Crippen molar-refractivity contribution in [3.8, 4) is 0 Å². The molecule has 2 atom stereocenters. The molecule has 0 aromatic carbocycles. The molecule has 0 aliphatic rings. The van der Waals surface area contributed by atoms with Gasteiger partial charge in [0.05, 0.1) is 6.61 Å². The van der Waals surface area contributed by atoms with Gasteiger partial charge in [0.15, 0.2) is 0 Å². The lowest BCUT2D eigenvalue weighted by molar-refractivity contribution is -0.148. The monoisotopic (exact) mass is 685 g/mol. The van der Waals surface area contributed by atoms with E-state index in [0.29, 0.717) is 11.3 Å². The number of nitrogens with zero attached hydrogens (tertiary/aromatic N) is 1. The van der Waals surface area contributed by atoms with Gasteiger partial charge in [-0.3, -0.25) is 9.59 Å². The molecule has 0 spiro atoms. The number of amides is 4. The van der Waals surface area contributed by atoms with Crippen LogP contribution in [0.2, 0.25) is 0 Å². The van der Waals surface area contributed by atoms with Gasteiger partial charge in [0, 0.05) is 6.42 Å². The third kappa shape index (κ3) is 23.4. The van der Waals surface area contributed by atoms with E-state index < -0.39 is 53.3 Å². The summed E-state index contributed by atoms with van der Waals surface area (Å²) in [7, 11) is 0. The summed E-state index contributed by atoms with van der Waals surface area (Å²) in [6, 6.07) is -2.64. The average molecular weight is 685 g/mol. The molecule has 0 bridgehead atoms. The highest BCUT2D eigenvalue weighted by Crippen LogP contribution is 2.20. The quantitative estimate of drug-likeness (QED) is 0.0516. The number of carbonyl (C=O) groups is 5. The fourth-order valence-electron chi connectivity index (χ4n) is 5.01. The Morgan fingerprint density at radius 1 is 0.667 bits per heavy atom. The van der Waals surface area contributed by atoms with Crippen LogP contribution in [-0.2, 0) is 28.6 Å². The zero-order valence-electron chi connectivity index (χ0n) is 31.2. The second kappa shape index (κ2) is 25.1. The highest BCUT2D eigenvalue weighted by atomic mass is 16.6. The van der Waals surface area contributed by atoms with Crippen molar-refractivity contribution >= 4 is 30.0 Å². The molecular weight excluding hydrogens is 616 g/mol. The second-order valence-corrected chi connectivity index (χ2v) is 14.6. The Kier molecular flexibility index (Phi) is 23.6. The standard InChI is InChI=1S/C36H68N4O8/c1-8-9-10-11-12-13-14-15-16-17-18-19-20-21-27-46-32(43)28(24-25-30(38)41)39-31(42)29(23-22-26-37)40(33(44)47-35(2,3)4)34(45)48-36(5,6)7/h28-29H,8-27,37H2,1-7H3,(H2,38,41)(H,39,42)/t28-,29-/m0/s1. The number of hydrogen-bond donors (Lipinski definition) is 3. The summed E-state index contributed by atoms with van der Waals surface area (Å²) in [5.41, 5.74) is 9.08. The lowest BCUT2D eigenvalue weighted by Gasteiger charge is -2.33. The Bertz CT molecular complexity index is 917. The smallest absolute Gasteiger partial charge is 0.420 e. The summed E-state index contributed by atoms with van der Waals surface area (Å²) in [5, 5.41) is 2.58. The molecule has 0 fully saturated rings. The van der Waals surface area contributed by atoms with E-state index in [9.17, 15) is 24.0 Å². The molecular formula is C36H68N4O8. The molecule has 48 heavy (non-hydrogen) atoms. The molecule has 12 nitrogen and oxygen atoms in total. The summed E-state index contributed by atoms with van der Waals surface area (Å²) >= 11 is 0. The maximum Gasteiger partial charge on any atom is 0.420 e. The minimum atomic E-state index is -1.41. The van der Waals surface area contributed by atoms with Crippen molar-refractivity contribution < 1.29 is 38.2 Å². The van der Waals surface area contributed by atoms with Crippen LogP contribution in [0.5, 0.6) is 0 Å². The largest absolute Gasteiger partial charge is 0.464 e. The van der Waals surface area contributed by atoms with Crippen molar-refractivity contribution in [3.05, 3.63) is 0 Å². The number of nitrogens with one attached hydrogen (secondary N) is 1. The second-order valence-electron chi connectivity index (χ2n) is 14.6. The van der Waals surface area contributed by atoms with Gasteiger partial charge >= 0.3 is 18.2 Å². The molecule has 0 heterocycles. The molecule has 0 saturated carbocycles. The SMILES string of the molecule is CCCCCCCCCCCCCCCCOC(=O)[C@H](CCC(N)=O)NC(=O)[C@H](CCCN)N(C(=O)OC(C)(C)C)C(=O)OC(C)(C)C. The number of hydrogen-bond acceptors (Lipinski definition) is 9. The first-order chi connectivity index (χ1) is 22.5. The van der Waals surface area contributed by atoms with Crippen LogP contribution in [0.1, 0.15) is 164 Å². The summed E-state index contributed by atoms with van der Waals surface area (Å²) in [4.78, 5) is 65.4. The van der Waals surface area contributed by atoms with E-state index in [2.05, 4.69) is 12.2 Å². The Hall–Kier alpha value is -2.89. The number of rotatable bonds is 25. The lowest BCUT2D eigenvalue weighted by atomic mass is 10.0.